The summed E-state index contributed by atoms with van der Waals surface area (Å²) in [5.41, 5.74) is 2.38. The van der Waals surface area contributed by atoms with E-state index in [1.165, 1.54) is 6.07 Å². The van der Waals surface area contributed by atoms with Crippen LogP contribution in [-0.4, -0.2) is 15.2 Å². The number of hydrogen-bond acceptors (Lipinski definition) is 4. The molecule has 4 nitrogen and oxygen atoms in total. The van der Waals surface area contributed by atoms with E-state index in [0.717, 1.165) is 5.56 Å². The van der Waals surface area contributed by atoms with Gasteiger partial charge in [0.15, 0.2) is 0 Å². The quantitative estimate of drug-likeness (QED) is 0.776. The van der Waals surface area contributed by atoms with Gasteiger partial charge < -0.3 is 9.63 Å². The Morgan fingerprint density at radius 3 is 2.67 bits per heavy atom. The van der Waals surface area contributed by atoms with Gasteiger partial charge in [-0.3, -0.25) is 0 Å². The fraction of sp³-hybridized carbons (Fsp3) is 0.125. The molecule has 1 N–H and O–H groups in total. The highest BCUT2D eigenvalue weighted by Gasteiger charge is 2.15. The van der Waals surface area contributed by atoms with Gasteiger partial charge in [-0.2, -0.15) is 4.98 Å². The number of halogens is 1. The lowest BCUT2D eigenvalue weighted by Crippen LogP contribution is -1.86. The highest BCUT2D eigenvalue weighted by atomic mass is 19.1. The number of phenolic OH excluding ortho intramolecular Hbond substituents is 1. The van der Waals surface area contributed by atoms with Crippen molar-refractivity contribution in [1.82, 2.24) is 10.1 Å². The van der Waals surface area contributed by atoms with Gasteiger partial charge in [-0.25, -0.2) is 4.39 Å². The summed E-state index contributed by atoms with van der Waals surface area (Å²) in [6, 6.07) is 9.91. The molecule has 0 aliphatic rings. The van der Waals surface area contributed by atoms with Crippen molar-refractivity contribution >= 4 is 0 Å². The topological polar surface area (TPSA) is 59.2 Å². The molecule has 0 aliphatic carbocycles. The van der Waals surface area contributed by atoms with Crippen LogP contribution in [-0.2, 0) is 0 Å². The number of aryl methyl sites for hydroxylation is 2. The van der Waals surface area contributed by atoms with E-state index in [0.29, 0.717) is 22.5 Å². The van der Waals surface area contributed by atoms with Crippen molar-refractivity contribution in [2.45, 2.75) is 13.8 Å². The van der Waals surface area contributed by atoms with Gasteiger partial charge in [-0.1, -0.05) is 17.3 Å². The van der Waals surface area contributed by atoms with Crippen LogP contribution in [0.2, 0.25) is 0 Å². The molecule has 0 aliphatic heterocycles. The van der Waals surface area contributed by atoms with Crippen molar-refractivity contribution < 1.29 is 14.0 Å². The number of hydrogen-bond donors (Lipinski definition) is 1. The lowest BCUT2D eigenvalue weighted by molar-refractivity contribution is 0.425. The van der Waals surface area contributed by atoms with Crippen molar-refractivity contribution in [3.8, 4) is 28.6 Å². The Kier molecular flexibility index (Phi) is 3.17. The van der Waals surface area contributed by atoms with Crippen molar-refractivity contribution in [3.05, 3.63) is 53.3 Å². The standard InChI is InChI=1S/C16H13FN2O2/c1-9-4-3-5-12(14(9)20)16-18-15(19-21-16)11-6-7-13(17)10(2)8-11/h3-8,20H,1-2H3. The highest BCUT2D eigenvalue weighted by molar-refractivity contribution is 5.66. The molecule has 0 atom stereocenters. The van der Waals surface area contributed by atoms with E-state index in [9.17, 15) is 9.50 Å². The summed E-state index contributed by atoms with van der Waals surface area (Å²) in [6.45, 7) is 3.46. The maximum absolute atomic E-state index is 13.3. The van der Waals surface area contributed by atoms with Gasteiger partial charge in [-0.05, 0) is 49.2 Å². The molecular weight excluding hydrogens is 271 g/mol. The molecule has 0 fully saturated rings. The third-order valence-electron chi connectivity index (χ3n) is 3.31. The van der Waals surface area contributed by atoms with Crippen LogP contribution < -0.4 is 0 Å². The molecule has 0 saturated carbocycles. The molecule has 21 heavy (non-hydrogen) atoms. The predicted molar refractivity (Wildman–Crippen MR) is 76.3 cm³/mol. The van der Waals surface area contributed by atoms with Crippen molar-refractivity contribution in [1.29, 1.82) is 0 Å². The van der Waals surface area contributed by atoms with Crippen molar-refractivity contribution in [3.63, 3.8) is 0 Å². The number of phenols is 1. The number of para-hydroxylation sites is 1. The van der Waals surface area contributed by atoms with E-state index in [4.69, 9.17) is 4.52 Å². The highest BCUT2D eigenvalue weighted by Crippen LogP contribution is 2.31. The lowest BCUT2D eigenvalue weighted by Gasteiger charge is -2.01. The Bertz CT molecular complexity index is 812. The third kappa shape index (κ3) is 2.38. The first-order valence-electron chi connectivity index (χ1n) is 6.45. The zero-order valence-corrected chi connectivity index (χ0v) is 11.6. The molecule has 0 saturated heterocycles. The zero-order valence-electron chi connectivity index (χ0n) is 11.6. The maximum Gasteiger partial charge on any atom is 0.262 e. The van der Waals surface area contributed by atoms with Crippen LogP contribution in [0.25, 0.3) is 22.8 Å². The Labute approximate surface area is 120 Å². The Hall–Kier alpha value is -2.69. The molecule has 0 spiro atoms. The van der Waals surface area contributed by atoms with Crippen molar-refractivity contribution in [2.24, 2.45) is 0 Å². The molecule has 3 aromatic rings. The molecule has 0 amide bonds. The summed E-state index contributed by atoms with van der Waals surface area (Å²) in [5.74, 6) is 0.420. The molecule has 1 aromatic heterocycles. The van der Waals surface area contributed by atoms with Crippen LogP contribution in [0.15, 0.2) is 40.9 Å². The smallest absolute Gasteiger partial charge is 0.262 e. The van der Waals surface area contributed by atoms with Crippen LogP contribution in [0.1, 0.15) is 11.1 Å². The van der Waals surface area contributed by atoms with E-state index in [-0.39, 0.29) is 17.5 Å². The lowest BCUT2D eigenvalue weighted by atomic mass is 10.1. The number of aromatic nitrogens is 2. The summed E-state index contributed by atoms with van der Waals surface area (Å²) in [6.07, 6.45) is 0. The molecule has 106 valence electrons. The molecule has 0 bridgehead atoms. The summed E-state index contributed by atoms with van der Waals surface area (Å²) < 4.78 is 18.5. The largest absolute Gasteiger partial charge is 0.507 e. The maximum atomic E-state index is 13.3. The predicted octanol–water partition coefficient (Wildman–Crippen LogP) is 3.87. The summed E-state index contributed by atoms with van der Waals surface area (Å²) in [5, 5.41) is 13.9. The van der Waals surface area contributed by atoms with Gasteiger partial charge in [0.25, 0.3) is 5.89 Å². The number of aromatic hydroxyl groups is 1. The average Bonchev–Trinajstić information content (AvgIpc) is 2.94. The van der Waals surface area contributed by atoms with Gasteiger partial charge >= 0.3 is 0 Å². The Morgan fingerprint density at radius 1 is 1.10 bits per heavy atom. The molecule has 0 radical (unpaired) electrons. The summed E-state index contributed by atoms with van der Waals surface area (Å²) in [7, 11) is 0. The second-order valence-electron chi connectivity index (χ2n) is 4.86. The number of nitrogens with zero attached hydrogens (tertiary/aromatic N) is 2. The van der Waals surface area contributed by atoms with Crippen LogP contribution in [0.3, 0.4) is 0 Å². The van der Waals surface area contributed by atoms with E-state index < -0.39 is 0 Å². The van der Waals surface area contributed by atoms with Crippen LogP contribution in [0.4, 0.5) is 4.39 Å². The molecular formula is C16H13FN2O2. The van der Waals surface area contributed by atoms with E-state index in [1.54, 1.807) is 44.2 Å². The van der Waals surface area contributed by atoms with Gasteiger partial charge in [0.1, 0.15) is 11.6 Å². The molecule has 3 rings (SSSR count). The molecule has 0 unspecified atom stereocenters. The van der Waals surface area contributed by atoms with Gasteiger partial charge in [-0.15, -0.1) is 0 Å². The minimum absolute atomic E-state index is 0.114. The van der Waals surface area contributed by atoms with Crippen molar-refractivity contribution in [2.75, 3.05) is 0 Å². The monoisotopic (exact) mass is 284 g/mol. The summed E-state index contributed by atoms with van der Waals surface area (Å²) >= 11 is 0. The van der Waals surface area contributed by atoms with Gasteiger partial charge in [0, 0.05) is 5.56 Å². The number of rotatable bonds is 2. The fourth-order valence-corrected chi connectivity index (χ4v) is 2.07. The van der Waals surface area contributed by atoms with Crippen LogP contribution >= 0.6 is 0 Å². The first-order valence-corrected chi connectivity index (χ1v) is 6.45. The number of benzene rings is 2. The van der Waals surface area contributed by atoms with E-state index in [1.807, 2.05) is 0 Å². The fourth-order valence-electron chi connectivity index (χ4n) is 2.07. The Balaban J connectivity index is 2.03. The third-order valence-corrected chi connectivity index (χ3v) is 3.31. The second kappa shape index (κ2) is 5.01. The molecule has 1 heterocycles. The summed E-state index contributed by atoms with van der Waals surface area (Å²) in [4.78, 5) is 4.26. The molecule has 2 aromatic carbocycles. The minimum Gasteiger partial charge on any atom is -0.507 e. The Morgan fingerprint density at radius 2 is 1.90 bits per heavy atom. The normalized spacial score (nSPS) is 10.8. The first-order chi connectivity index (χ1) is 10.1. The van der Waals surface area contributed by atoms with E-state index >= 15 is 0 Å². The second-order valence-corrected chi connectivity index (χ2v) is 4.86. The zero-order chi connectivity index (χ0) is 15.0. The molecule has 5 heteroatoms. The first kappa shape index (κ1) is 13.3. The minimum atomic E-state index is -0.279. The van der Waals surface area contributed by atoms with Crippen LogP contribution in [0.5, 0.6) is 5.75 Å². The van der Waals surface area contributed by atoms with Gasteiger partial charge in [0.2, 0.25) is 5.82 Å². The van der Waals surface area contributed by atoms with Crippen LogP contribution in [0, 0.1) is 19.7 Å². The van der Waals surface area contributed by atoms with Gasteiger partial charge in [0.05, 0.1) is 5.56 Å². The van der Waals surface area contributed by atoms with E-state index in [2.05, 4.69) is 10.1 Å². The SMILES string of the molecule is Cc1cc(-c2noc(-c3cccc(C)c3O)n2)ccc1F. The average molecular weight is 284 g/mol.